The van der Waals surface area contributed by atoms with E-state index in [2.05, 4.69) is 10.6 Å². The molecule has 2 atom stereocenters. The van der Waals surface area contributed by atoms with Crippen LogP contribution in [0.25, 0.3) is 0 Å². The van der Waals surface area contributed by atoms with Gasteiger partial charge in [0.15, 0.2) is 0 Å². The van der Waals surface area contributed by atoms with E-state index >= 15 is 0 Å². The Kier molecular flexibility index (Phi) is 5.16. The number of hydrogen-bond acceptors (Lipinski definition) is 4. The smallest absolute Gasteiger partial charge is 0.233 e. The number of carbonyl (C=O) groups excluding carboxylic acids is 4. The maximum atomic E-state index is 12.4. The number of allylic oxidation sites excluding steroid dienone is 2. The molecule has 1 aliphatic heterocycles. The number of benzene rings is 1. The van der Waals surface area contributed by atoms with Gasteiger partial charge >= 0.3 is 0 Å². The summed E-state index contributed by atoms with van der Waals surface area (Å²) in [5.41, 5.74) is 0.975. The highest BCUT2D eigenvalue weighted by atomic mass is 16.2. The SMILES string of the molecule is CC(=O)Nc1ccccc1NC(=O)CCN1C(=O)[C@@H]2CC=CC[C@H]2C1=O. The second-order valence-electron chi connectivity index (χ2n) is 6.51. The number of likely N-dealkylation sites (tertiary alicyclic amines) is 1. The number of nitrogens with zero attached hydrogens (tertiary/aromatic N) is 1. The summed E-state index contributed by atoms with van der Waals surface area (Å²) in [6.07, 6.45) is 5.05. The van der Waals surface area contributed by atoms with Gasteiger partial charge in [-0.3, -0.25) is 24.1 Å². The van der Waals surface area contributed by atoms with Crippen LogP contribution in [0.15, 0.2) is 36.4 Å². The minimum absolute atomic E-state index is 0.0127. The van der Waals surface area contributed by atoms with Gasteiger partial charge in [-0.1, -0.05) is 24.3 Å². The molecule has 1 aliphatic carbocycles. The molecule has 0 radical (unpaired) electrons. The highest BCUT2D eigenvalue weighted by molar-refractivity contribution is 6.06. The number of rotatable bonds is 5. The van der Waals surface area contributed by atoms with Crippen LogP contribution in [0.5, 0.6) is 0 Å². The first-order valence-corrected chi connectivity index (χ1v) is 8.64. The number of amides is 4. The lowest BCUT2D eigenvalue weighted by Crippen LogP contribution is -2.34. The molecule has 0 saturated carbocycles. The Hall–Kier alpha value is -2.96. The molecule has 1 heterocycles. The average Bonchev–Trinajstić information content (AvgIpc) is 2.86. The number of nitrogens with one attached hydrogen (secondary N) is 2. The molecule has 7 nitrogen and oxygen atoms in total. The van der Waals surface area contributed by atoms with Gasteiger partial charge in [0.25, 0.3) is 0 Å². The first kappa shape index (κ1) is 17.8. The van der Waals surface area contributed by atoms with Gasteiger partial charge in [-0.2, -0.15) is 0 Å². The Morgan fingerprint density at radius 3 is 2.08 bits per heavy atom. The Morgan fingerprint density at radius 1 is 1.00 bits per heavy atom. The third kappa shape index (κ3) is 3.66. The van der Waals surface area contributed by atoms with E-state index in [1.54, 1.807) is 24.3 Å². The van der Waals surface area contributed by atoms with Crippen molar-refractivity contribution < 1.29 is 19.2 Å². The van der Waals surface area contributed by atoms with Crippen LogP contribution in [0.1, 0.15) is 26.2 Å². The average molecular weight is 355 g/mol. The van der Waals surface area contributed by atoms with Gasteiger partial charge in [0.05, 0.1) is 23.2 Å². The number of fused-ring (bicyclic) bond motifs is 1. The van der Waals surface area contributed by atoms with Crippen molar-refractivity contribution in [2.75, 3.05) is 17.2 Å². The molecule has 1 aromatic rings. The molecule has 0 spiro atoms. The third-order valence-electron chi connectivity index (χ3n) is 4.67. The molecule has 0 unspecified atom stereocenters. The van der Waals surface area contributed by atoms with Crippen molar-refractivity contribution in [2.24, 2.45) is 11.8 Å². The summed E-state index contributed by atoms with van der Waals surface area (Å²) in [6, 6.07) is 6.85. The quantitative estimate of drug-likeness (QED) is 0.623. The Bertz CT molecular complexity index is 761. The van der Waals surface area contributed by atoms with E-state index in [0.29, 0.717) is 24.2 Å². The molecular formula is C19H21N3O4. The fourth-order valence-electron chi connectivity index (χ4n) is 3.41. The van der Waals surface area contributed by atoms with E-state index in [4.69, 9.17) is 0 Å². The van der Waals surface area contributed by atoms with Gasteiger partial charge < -0.3 is 10.6 Å². The lowest BCUT2D eigenvalue weighted by atomic mass is 9.85. The number of imide groups is 1. The molecule has 0 aromatic heterocycles. The highest BCUT2D eigenvalue weighted by Gasteiger charge is 2.46. The Morgan fingerprint density at radius 2 is 1.54 bits per heavy atom. The van der Waals surface area contributed by atoms with Crippen molar-refractivity contribution >= 4 is 35.0 Å². The molecule has 136 valence electrons. The summed E-state index contributed by atoms with van der Waals surface area (Å²) >= 11 is 0. The molecule has 4 amide bonds. The monoisotopic (exact) mass is 355 g/mol. The topological polar surface area (TPSA) is 95.6 Å². The number of hydrogen-bond donors (Lipinski definition) is 2. The molecule has 0 bridgehead atoms. The van der Waals surface area contributed by atoms with Gasteiger partial charge in [0.2, 0.25) is 23.6 Å². The molecule has 1 aromatic carbocycles. The lowest BCUT2D eigenvalue weighted by Gasteiger charge is -2.15. The summed E-state index contributed by atoms with van der Waals surface area (Å²) in [4.78, 5) is 49.5. The fourth-order valence-corrected chi connectivity index (χ4v) is 3.41. The number of carbonyl (C=O) groups is 4. The maximum absolute atomic E-state index is 12.4. The molecule has 2 aliphatic rings. The van der Waals surface area contributed by atoms with E-state index in [0.717, 1.165) is 0 Å². The number of anilines is 2. The standard InChI is InChI=1S/C19H21N3O4/c1-12(23)20-15-8-4-5-9-16(15)21-17(24)10-11-22-18(25)13-6-2-3-7-14(13)19(22)26/h2-5,8-9,13-14H,6-7,10-11H2,1H3,(H,20,23)(H,21,24)/t13-,14-/m1/s1. The summed E-state index contributed by atoms with van der Waals surface area (Å²) in [7, 11) is 0. The molecule has 3 rings (SSSR count). The van der Waals surface area contributed by atoms with Crippen LogP contribution in [0, 0.1) is 11.8 Å². The summed E-state index contributed by atoms with van der Waals surface area (Å²) in [6.45, 7) is 1.45. The molecular weight excluding hydrogens is 334 g/mol. The van der Waals surface area contributed by atoms with Gasteiger partial charge in [0, 0.05) is 19.9 Å². The normalized spacial score (nSPS) is 21.5. The first-order chi connectivity index (χ1) is 12.5. The summed E-state index contributed by atoms with van der Waals surface area (Å²) in [5, 5.41) is 5.36. The van der Waals surface area contributed by atoms with Crippen LogP contribution in [0.3, 0.4) is 0 Å². The van der Waals surface area contributed by atoms with Crippen molar-refractivity contribution in [3.05, 3.63) is 36.4 Å². The zero-order valence-corrected chi connectivity index (χ0v) is 14.5. The van der Waals surface area contributed by atoms with Crippen molar-refractivity contribution in [2.45, 2.75) is 26.2 Å². The third-order valence-corrected chi connectivity index (χ3v) is 4.67. The van der Waals surface area contributed by atoms with Gasteiger partial charge in [0.1, 0.15) is 0 Å². The Labute approximate surface area is 151 Å². The molecule has 26 heavy (non-hydrogen) atoms. The Balaban J connectivity index is 1.59. The van der Waals surface area contributed by atoms with Crippen LogP contribution >= 0.6 is 0 Å². The van der Waals surface area contributed by atoms with Crippen LogP contribution in [0.2, 0.25) is 0 Å². The van der Waals surface area contributed by atoms with Crippen molar-refractivity contribution in [3.8, 4) is 0 Å². The second-order valence-corrected chi connectivity index (χ2v) is 6.51. The van der Waals surface area contributed by atoms with Gasteiger partial charge in [-0.25, -0.2) is 0 Å². The van der Waals surface area contributed by atoms with Crippen molar-refractivity contribution in [1.29, 1.82) is 0 Å². The fraction of sp³-hybridized carbons (Fsp3) is 0.368. The van der Waals surface area contributed by atoms with Gasteiger partial charge in [-0.15, -0.1) is 0 Å². The first-order valence-electron chi connectivity index (χ1n) is 8.64. The predicted octanol–water partition coefficient (Wildman–Crippen LogP) is 1.92. The lowest BCUT2D eigenvalue weighted by molar-refractivity contribution is -0.140. The van der Waals surface area contributed by atoms with E-state index < -0.39 is 0 Å². The van der Waals surface area contributed by atoms with Crippen LogP contribution in [-0.2, 0) is 19.2 Å². The minimum Gasteiger partial charge on any atom is -0.325 e. The zero-order chi connectivity index (χ0) is 18.7. The maximum Gasteiger partial charge on any atom is 0.233 e. The molecule has 1 saturated heterocycles. The second kappa shape index (κ2) is 7.51. The molecule has 7 heteroatoms. The molecule has 1 fully saturated rings. The minimum atomic E-state index is -0.323. The highest BCUT2D eigenvalue weighted by Crippen LogP contribution is 2.35. The van der Waals surface area contributed by atoms with E-state index in [1.807, 2.05) is 12.2 Å². The predicted molar refractivity (Wildman–Crippen MR) is 96.1 cm³/mol. The largest absolute Gasteiger partial charge is 0.325 e. The zero-order valence-electron chi connectivity index (χ0n) is 14.5. The van der Waals surface area contributed by atoms with E-state index in [1.165, 1.54) is 11.8 Å². The summed E-state index contributed by atoms with van der Waals surface area (Å²) < 4.78 is 0. The number of para-hydroxylation sites is 2. The van der Waals surface area contributed by atoms with Crippen molar-refractivity contribution in [3.63, 3.8) is 0 Å². The van der Waals surface area contributed by atoms with E-state index in [9.17, 15) is 19.2 Å². The summed E-state index contributed by atoms with van der Waals surface area (Å²) in [5.74, 6) is -1.49. The van der Waals surface area contributed by atoms with Crippen LogP contribution < -0.4 is 10.6 Å². The van der Waals surface area contributed by atoms with Crippen LogP contribution in [-0.4, -0.2) is 35.1 Å². The van der Waals surface area contributed by atoms with Crippen LogP contribution in [0.4, 0.5) is 11.4 Å². The van der Waals surface area contributed by atoms with E-state index in [-0.39, 0.29) is 48.4 Å². The molecule has 2 N–H and O–H groups in total. The van der Waals surface area contributed by atoms with Crippen molar-refractivity contribution in [1.82, 2.24) is 4.90 Å². The van der Waals surface area contributed by atoms with Gasteiger partial charge in [-0.05, 0) is 25.0 Å².